The van der Waals surface area contributed by atoms with E-state index in [0.29, 0.717) is 12.3 Å². The van der Waals surface area contributed by atoms with Crippen LogP contribution >= 0.6 is 0 Å². The zero-order valence-electron chi connectivity index (χ0n) is 10.7. The van der Waals surface area contributed by atoms with E-state index in [1.807, 2.05) is 30.3 Å². The van der Waals surface area contributed by atoms with Crippen molar-refractivity contribution in [2.24, 2.45) is 5.92 Å². The van der Waals surface area contributed by atoms with E-state index in [9.17, 15) is 4.79 Å². The zero-order chi connectivity index (χ0) is 12.4. The Kier molecular flexibility index (Phi) is 3.28. The summed E-state index contributed by atoms with van der Waals surface area (Å²) in [5, 5.41) is 0. The minimum absolute atomic E-state index is 0.251. The van der Waals surface area contributed by atoms with Gasteiger partial charge in [0.25, 0.3) is 0 Å². The fourth-order valence-corrected chi connectivity index (χ4v) is 2.33. The van der Waals surface area contributed by atoms with Crippen LogP contribution in [0.3, 0.4) is 0 Å². The van der Waals surface area contributed by atoms with Gasteiger partial charge in [0.1, 0.15) is 0 Å². The molecule has 1 heteroatoms. The first-order chi connectivity index (χ1) is 8.09. The van der Waals surface area contributed by atoms with Crippen LogP contribution in [0.5, 0.6) is 0 Å². The molecule has 1 nitrogen and oxygen atoms in total. The molecule has 1 aromatic carbocycles. The second kappa shape index (κ2) is 4.70. The largest absolute Gasteiger partial charge is 0.294 e. The lowest BCUT2D eigenvalue weighted by Gasteiger charge is -2.03. The molecule has 1 aliphatic carbocycles. The molecule has 0 atom stereocenters. The predicted octanol–water partition coefficient (Wildman–Crippen LogP) is 4.02. The summed E-state index contributed by atoms with van der Waals surface area (Å²) in [4.78, 5) is 12.1. The van der Waals surface area contributed by atoms with Gasteiger partial charge in [0.05, 0.1) is 0 Å². The number of rotatable bonds is 2. The molecule has 0 N–H and O–H groups in total. The van der Waals surface area contributed by atoms with E-state index in [2.05, 4.69) is 26.8 Å². The summed E-state index contributed by atoms with van der Waals surface area (Å²) >= 11 is 0. The molecule has 0 unspecified atom stereocenters. The smallest absolute Gasteiger partial charge is 0.168 e. The normalized spacial score (nSPS) is 18.6. The molecule has 2 rings (SSSR count). The summed E-state index contributed by atoms with van der Waals surface area (Å²) in [6.07, 6.45) is 2.76. The predicted molar refractivity (Wildman–Crippen MR) is 71.6 cm³/mol. The van der Waals surface area contributed by atoms with Gasteiger partial charge in [-0.05, 0) is 29.6 Å². The molecule has 0 radical (unpaired) electrons. The van der Waals surface area contributed by atoms with Crippen LogP contribution in [-0.4, -0.2) is 5.78 Å². The number of carbonyl (C=O) groups is 1. The molecule has 0 fully saturated rings. The van der Waals surface area contributed by atoms with Gasteiger partial charge in [-0.2, -0.15) is 0 Å². The third kappa shape index (κ3) is 2.38. The number of benzene rings is 1. The minimum Gasteiger partial charge on any atom is -0.294 e. The highest BCUT2D eigenvalue weighted by Crippen LogP contribution is 2.35. The highest BCUT2D eigenvalue weighted by molar-refractivity contribution is 6.26. The summed E-state index contributed by atoms with van der Waals surface area (Å²) < 4.78 is 0. The van der Waals surface area contributed by atoms with Gasteiger partial charge in [-0.3, -0.25) is 4.79 Å². The van der Waals surface area contributed by atoms with E-state index in [1.54, 1.807) is 0 Å². The van der Waals surface area contributed by atoms with E-state index in [-0.39, 0.29) is 5.78 Å². The third-order valence-corrected chi connectivity index (χ3v) is 3.08. The van der Waals surface area contributed by atoms with Gasteiger partial charge in [0.2, 0.25) is 0 Å². The monoisotopic (exact) mass is 226 g/mol. The van der Waals surface area contributed by atoms with Crippen molar-refractivity contribution in [1.29, 1.82) is 0 Å². The molecule has 0 spiro atoms. The number of Topliss-reactive ketones (excluding diaryl/α,β-unsaturated/α-hetero) is 1. The zero-order valence-corrected chi connectivity index (χ0v) is 10.7. The van der Waals surface area contributed by atoms with E-state index >= 15 is 0 Å². The van der Waals surface area contributed by atoms with Crippen molar-refractivity contribution >= 4 is 11.4 Å². The molecule has 1 aliphatic rings. The Morgan fingerprint density at radius 1 is 1.18 bits per heavy atom. The highest BCUT2D eigenvalue weighted by Gasteiger charge is 2.25. The van der Waals surface area contributed by atoms with Crippen LogP contribution in [0.15, 0.2) is 47.6 Å². The van der Waals surface area contributed by atoms with Gasteiger partial charge in [-0.1, -0.05) is 50.3 Å². The lowest BCUT2D eigenvalue weighted by atomic mass is 10.0. The van der Waals surface area contributed by atoms with Crippen LogP contribution in [0.1, 0.15) is 32.8 Å². The van der Waals surface area contributed by atoms with Crippen LogP contribution in [0.25, 0.3) is 5.57 Å². The molecule has 0 aromatic heterocycles. The highest BCUT2D eigenvalue weighted by atomic mass is 16.1. The number of allylic oxidation sites excluding steroid dienone is 4. The summed E-state index contributed by atoms with van der Waals surface area (Å²) in [5.41, 5.74) is 4.29. The summed E-state index contributed by atoms with van der Waals surface area (Å²) in [7, 11) is 0. The van der Waals surface area contributed by atoms with Crippen molar-refractivity contribution in [2.45, 2.75) is 27.2 Å². The first-order valence-corrected chi connectivity index (χ1v) is 6.10. The molecule has 0 bridgehead atoms. The number of carbonyl (C=O) groups excluding carboxylic acids is 1. The van der Waals surface area contributed by atoms with Crippen molar-refractivity contribution in [3.05, 3.63) is 53.1 Å². The van der Waals surface area contributed by atoms with Gasteiger partial charge in [0, 0.05) is 12.0 Å². The second-order valence-corrected chi connectivity index (χ2v) is 4.90. The van der Waals surface area contributed by atoms with Gasteiger partial charge in [-0.15, -0.1) is 0 Å². The van der Waals surface area contributed by atoms with Gasteiger partial charge in [-0.25, -0.2) is 0 Å². The van der Waals surface area contributed by atoms with Gasteiger partial charge in [0.15, 0.2) is 5.78 Å². The van der Waals surface area contributed by atoms with Crippen LogP contribution < -0.4 is 0 Å². The maximum atomic E-state index is 12.1. The molecule has 17 heavy (non-hydrogen) atoms. The Bertz CT molecular complexity index is 490. The standard InChI is InChI=1S/C16H18O/c1-11(2)9-14-10-15(17)16(12(14)3)13-7-5-4-6-8-13/h4-9,11H,10H2,1-3H3/b14-9-. The van der Waals surface area contributed by atoms with Crippen LogP contribution in [0, 0.1) is 5.92 Å². The Morgan fingerprint density at radius 2 is 1.82 bits per heavy atom. The molecule has 88 valence electrons. The van der Waals surface area contributed by atoms with Crippen LogP contribution in [-0.2, 0) is 4.79 Å². The van der Waals surface area contributed by atoms with Crippen molar-refractivity contribution in [2.75, 3.05) is 0 Å². The maximum absolute atomic E-state index is 12.1. The summed E-state index contributed by atoms with van der Waals surface area (Å²) in [6, 6.07) is 9.95. The molecule has 1 aromatic rings. The number of hydrogen-bond acceptors (Lipinski definition) is 1. The molecule has 0 saturated carbocycles. The summed E-state index contributed by atoms with van der Waals surface area (Å²) in [5.74, 6) is 0.739. The third-order valence-electron chi connectivity index (χ3n) is 3.08. The van der Waals surface area contributed by atoms with Gasteiger partial charge < -0.3 is 0 Å². The Hall–Kier alpha value is -1.63. The first kappa shape index (κ1) is 11.8. The van der Waals surface area contributed by atoms with Gasteiger partial charge >= 0.3 is 0 Å². The van der Waals surface area contributed by atoms with E-state index in [0.717, 1.165) is 16.7 Å². The molecular formula is C16H18O. The second-order valence-electron chi connectivity index (χ2n) is 4.90. The number of ketones is 1. The van der Waals surface area contributed by atoms with E-state index < -0.39 is 0 Å². The maximum Gasteiger partial charge on any atom is 0.168 e. The van der Waals surface area contributed by atoms with Crippen LogP contribution in [0.4, 0.5) is 0 Å². The SMILES string of the molecule is CC1=C(c2ccccc2)C(=O)C/C1=C/C(C)C. The fraction of sp³-hybridized carbons (Fsp3) is 0.312. The average molecular weight is 226 g/mol. The average Bonchev–Trinajstić information content (AvgIpc) is 2.54. The van der Waals surface area contributed by atoms with Crippen molar-refractivity contribution < 1.29 is 4.79 Å². The lowest BCUT2D eigenvalue weighted by Crippen LogP contribution is -1.95. The first-order valence-electron chi connectivity index (χ1n) is 6.10. The number of hydrogen-bond donors (Lipinski definition) is 0. The van der Waals surface area contributed by atoms with E-state index in [1.165, 1.54) is 5.57 Å². The fourth-order valence-electron chi connectivity index (χ4n) is 2.33. The summed E-state index contributed by atoms with van der Waals surface area (Å²) in [6.45, 7) is 6.35. The Balaban J connectivity index is 2.46. The van der Waals surface area contributed by atoms with Crippen molar-refractivity contribution in [3.8, 4) is 0 Å². The van der Waals surface area contributed by atoms with E-state index in [4.69, 9.17) is 0 Å². The van der Waals surface area contributed by atoms with Crippen molar-refractivity contribution in [1.82, 2.24) is 0 Å². The van der Waals surface area contributed by atoms with Crippen molar-refractivity contribution in [3.63, 3.8) is 0 Å². The lowest BCUT2D eigenvalue weighted by molar-refractivity contribution is -0.112. The topological polar surface area (TPSA) is 17.1 Å². The molecule has 0 heterocycles. The van der Waals surface area contributed by atoms with Crippen LogP contribution in [0.2, 0.25) is 0 Å². The molecule has 0 saturated heterocycles. The minimum atomic E-state index is 0.251. The molecular weight excluding hydrogens is 208 g/mol. The molecule has 0 aliphatic heterocycles. The quantitative estimate of drug-likeness (QED) is 0.744. The Morgan fingerprint density at radius 3 is 2.41 bits per heavy atom. The Labute approximate surface area is 103 Å². The molecule has 0 amide bonds.